The number of nitrogens with zero attached hydrogens (tertiary/aromatic N) is 6. The van der Waals surface area contributed by atoms with E-state index >= 15 is 0 Å². The smallest absolute Gasteiger partial charge is 0.253 e. The first-order chi connectivity index (χ1) is 19.7. The Kier molecular flexibility index (Phi) is 6.45. The maximum atomic E-state index is 13.9. The molecule has 5 aromatic rings. The van der Waals surface area contributed by atoms with Crippen molar-refractivity contribution >= 4 is 10.9 Å². The molecule has 2 aliphatic rings. The fourth-order valence-corrected chi connectivity index (χ4v) is 5.89. The standard InChI is InChI=1S/C30H29N7O3/c38-30-24(13-22-14-26-27(40-19-39-26)15-25(22)32-30)28(29-33-34-35-37(29)23-10-4-5-11-23)36(17-20-7-2-1-3-8-20)18-21-9-6-12-31-16-21/h1-3,6-9,12-16,23,28H,4-5,10-11,17-19H2,(H,32,38)/t28-/m1/s1. The average Bonchev–Trinajstić information content (AvgIpc) is 3.76. The zero-order chi connectivity index (χ0) is 26.9. The number of hydrogen-bond donors (Lipinski definition) is 1. The molecular formula is C30H29N7O3. The molecule has 1 aliphatic heterocycles. The maximum Gasteiger partial charge on any atom is 0.253 e. The van der Waals surface area contributed by atoms with Crippen LogP contribution in [0.5, 0.6) is 11.5 Å². The number of ether oxygens (including phenoxy) is 2. The third-order valence-corrected chi connectivity index (χ3v) is 7.80. The van der Waals surface area contributed by atoms with E-state index in [4.69, 9.17) is 9.47 Å². The van der Waals surface area contributed by atoms with Crippen LogP contribution in [0, 0.1) is 0 Å². The molecule has 0 amide bonds. The molecule has 0 unspecified atom stereocenters. The van der Waals surface area contributed by atoms with E-state index in [9.17, 15) is 4.79 Å². The molecule has 0 bridgehead atoms. The number of H-pyrrole nitrogens is 1. The number of benzene rings is 2. The van der Waals surface area contributed by atoms with Gasteiger partial charge in [0.25, 0.3) is 5.56 Å². The quantitative estimate of drug-likeness (QED) is 0.308. The number of hydrogen-bond acceptors (Lipinski definition) is 8. The largest absolute Gasteiger partial charge is 0.454 e. The molecule has 2 aromatic carbocycles. The lowest BCUT2D eigenvalue weighted by molar-refractivity contribution is 0.174. The second-order valence-electron chi connectivity index (χ2n) is 10.4. The first-order valence-electron chi connectivity index (χ1n) is 13.6. The van der Waals surface area contributed by atoms with Gasteiger partial charge in [-0.05, 0) is 52.6 Å². The van der Waals surface area contributed by atoms with Crippen molar-refractivity contribution in [1.82, 2.24) is 35.1 Å². The van der Waals surface area contributed by atoms with Crippen molar-refractivity contribution in [2.24, 2.45) is 0 Å². The van der Waals surface area contributed by atoms with Crippen LogP contribution in [-0.2, 0) is 13.1 Å². The topological polar surface area (TPSA) is 111 Å². The Bertz CT molecular complexity index is 1640. The molecule has 0 radical (unpaired) electrons. The molecule has 1 N–H and O–H groups in total. The van der Waals surface area contributed by atoms with E-state index in [0.717, 1.165) is 42.2 Å². The third kappa shape index (κ3) is 4.71. The summed E-state index contributed by atoms with van der Waals surface area (Å²) >= 11 is 0. The first kappa shape index (κ1) is 24.5. The van der Waals surface area contributed by atoms with Gasteiger partial charge >= 0.3 is 0 Å². The molecule has 1 aliphatic carbocycles. The van der Waals surface area contributed by atoms with Crippen molar-refractivity contribution in [3.63, 3.8) is 0 Å². The van der Waals surface area contributed by atoms with Gasteiger partial charge in [-0.25, -0.2) is 4.68 Å². The second-order valence-corrected chi connectivity index (χ2v) is 10.4. The number of nitrogens with one attached hydrogen (secondary N) is 1. The van der Waals surface area contributed by atoms with E-state index in [2.05, 4.69) is 42.5 Å². The van der Waals surface area contributed by atoms with Gasteiger partial charge in [0.2, 0.25) is 6.79 Å². The van der Waals surface area contributed by atoms with Gasteiger partial charge in [-0.1, -0.05) is 49.2 Å². The van der Waals surface area contributed by atoms with Crippen LogP contribution in [0.2, 0.25) is 0 Å². The highest BCUT2D eigenvalue weighted by molar-refractivity contribution is 5.83. The Morgan fingerprint density at radius 3 is 2.55 bits per heavy atom. The van der Waals surface area contributed by atoms with Crippen LogP contribution in [0.3, 0.4) is 0 Å². The second kappa shape index (κ2) is 10.5. The van der Waals surface area contributed by atoms with Crippen molar-refractivity contribution in [3.8, 4) is 11.5 Å². The highest BCUT2D eigenvalue weighted by Crippen LogP contribution is 2.38. The lowest BCUT2D eigenvalue weighted by atomic mass is 10.0. The Hall–Kier alpha value is -4.57. The van der Waals surface area contributed by atoms with Crippen LogP contribution >= 0.6 is 0 Å². The molecule has 0 spiro atoms. The molecule has 1 fully saturated rings. The average molecular weight is 536 g/mol. The number of aromatic amines is 1. The van der Waals surface area contributed by atoms with E-state index in [-0.39, 0.29) is 18.4 Å². The van der Waals surface area contributed by atoms with Crippen molar-refractivity contribution in [2.45, 2.75) is 50.9 Å². The fraction of sp³-hybridized carbons (Fsp3) is 0.300. The molecule has 40 heavy (non-hydrogen) atoms. The summed E-state index contributed by atoms with van der Waals surface area (Å²) in [6, 6.07) is 19.6. The summed E-state index contributed by atoms with van der Waals surface area (Å²) in [6.45, 7) is 1.29. The Morgan fingerprint density at radius 2 is 1.75 bits per heavy atom. The Labute approximate surface area is 230 Å². The molecule has 1 saturated carbocycles. The predicted molar refractivity (Wildman–Crippen MR) is 148 cm³/mol. The van der Waals surface area contributed by atoms with Crippen LogP contribution in [0.25, 0.3) is 10.9 Å². The van der Waals surface area contributed by atoms with Crippen LogP contribution in [-0.4, -0.2) is 41.9 Å². The molecule has 1 atom stereocenters. The summed E-state index contributed by atoms with van der Waals surface area (Å²) in [5, 5.41) is 14.0. The van der Waals surface area contributed by atoms with Crippen LogP contribution in [0.4, 0.5) is 0 Å². The van der Waals surface area contributed by atoms with Crippen molar-refractivity contribution in [2.75, 3.05) is 6.79 Å². The van der Waals surface area contributed by atoms with Crippen LogP contribution in [0.15, 0.2) is 77.9 Å². The van der Waals surface area contributed by atoms with Gasteiger partial charge in [0.05, 0.1) is 11.6 Å². The summed E-state index contributed by atoms with van der Waals surface area (Å²) in [7, 11) is 0. The van der Waals surface area contributed by atoms with Gasteiger partial charge in [-0.15, -0.1) is 5.10 Å². The van der Waals surface area contributed by atoms with Crippen molar-refractivity contribution in [3.05, 3.63) is 106 Å². The lowest BCUT2D eigenvalue weighted by Gasteiger charge is -2.31. The summed E-state index contributed by atoms with van der Waals surface area (Å²) < 4.78 is 13.1. The van der Waals surface area contributed by atoms with Crippen molar-refractivity contribution in [1.29, 1.82) is 0 Å². The first-order valence-corrected chi connectivity index (χ1v) is 13.6. The Morgan fingerprint density at radius 1 is 0.975 bits per heavy atom. The summed E-state index contributed by atoms with van der Waals surface area (Å²) in [6.07, 6.45) is 7.94. The highest BCUT2D eigenvalue weighted by atomic mass is 16.7. The SMILES string of the molecule is O=c1[nH]c2cc3c(cc2cc1[C@H](c1nnnn1C1CCCC1)N(Cc1ccccc1)Cc1cccnc1)OCO3. The zero-order valence-corrected chi connectivity index (χ0v) is 21.9. The molecule has 4 heterocycles. The summed E-state index contributed by atoms with van der Waals surface area (Å²) in [4.78, 5) is 23.6. The predicted octanol–water partition coefficient (Wildman–Crippen LogP) is 4.55. The van der Waals surface area contributed by atoms with Crippen LogP contribution < -0.4 is 15.0 Å². The molecule has 10 heteroatoms. The lowest BCUT2D eigenvalue weighted by Crippen LogP contribution is -2.35. The minimum absolute atomic E-state index is 0.164. The monoisotopic (exact) mass is 535 g/mol. The minimum atomic E-state index is -0.519. The number of aromatic nitrogens is 6. The van der Waals surface area contributed by atoms with Gasteiger partial charge in [-0.3, -0.25) is 14.7 Å². The van der Waals surface area contributed by atoms with Gasteiger partial charge in [0, 0.05) is 42.5 Å². The van der Waals surface area contributed by atoms with E-state index in [0.29, 0.717) is 41.5 Å². The molecular weight excluding hydrogens is 506 g/mol. The van der Waals surface area contributed by atoms with E-state index in [1.54, 1.807) is 6.20 Å². The molecule has 3 aromatic heterocycles. The van der Waals surface area contributed by atoms with Gasteiger partial charge in [-0.2, -0.15) is 0 Å². The highest BCUT2D eigenvalue weighted by Gasteiger charge is 2.33. The minimum Gasteiger partial charge on any atom is -0.454 e. The molecule has 7 rings (SSSR count). The molecule has 10 nitrogen and oxygen atoms in total. The number of rotatable bonds is 8. The molecule has 0 saturated heterocycles. The van der Waals surface area contributed by atoms with Gasteiger partial charge < -0.3 is 14.5 Å². The molecule has 202 valence electrons. The van der Waals surface area contributed by atoms with E-state index in [1.165, 1.54) is 0 Å². The van der Waals surface area contributed by atoms with E-state index in [1.807, 2.05) is 59.4 Å². The number of pyridine rings is 2. The fourth-order valence-electron chi connectivity index (χ4n) is 5.89. The zero-order valence-electron chi connectivity index (χ0n) is 21.9. The number of fused-ring (bicyclic) bond motifs is 2. The maximum absolute atomic E-state index is 13.9. The van der Waals surface area contributed by atoms with E-state index < -0.39 is 6.04 Å². The van der Waals surface area contributed by atoms with Crippen LogP contribution in [0.1, 0.15) is 60.3 Å². The van der Waals surface area contributed by atoms with Crippen molar-refractivity contribution < 1.29 is 9.47 Å². The van der Waals surface area contributed by atoms with Gasteiger partial charge in [0.15, 0.2) is 17.3 Å². The Balaban J connectivity index is 1.41. The third-order valence-electron chi connectivity index (χ3n) is 7.80. The normalized spacial score (nSPS) is 15.7. The summed E-state index contributed by atoms with van der Waals surface area (Å²) in [5.74, 6) is 1.95. The summed E-state index contributed by atoms with van der Waals surface area (Å²) in [5.41, 5.74) is 3.22. The number of tetrazole rings is 1. The van der Waals surface area contributed by atoms with Gasteiger partial charge in [0.1, 0.15) is 6.04 Å².